The molecule has 3 rings (SSSR count). The maximum absolute atomic E-state index is 12.7. The van der Waals surface area contributed by atoms with Crippen LogP contribution in [-0.2, 0) is 0 Å². The van der Waals surface area contributed by atoms with Gasteiger partial charge >= 0.3 is 6.03 Å². The number of H-pyrrole nitrogens is 1. The number of nitro groups is 1. The van der Waals surface area contributed by atoms with Gasteiger partial charge in [0, 0.05) is 35.1 Å². The molecule has 25 heavy (non-hydrogen) atoms. The van der Waals surface area contributed by atoms with Crippen LogP contribution < -0.4 is 5.32 Å². The summed E-state index contributed by atoms with van der Waals surface area (Å²) >= 11 is 0. The lowest BCUT2D eigenvalue weighted by atomic mass is 10.0. The van der Waals surface area contributed by atoms with Crippen LogP contribution in [0.1, 0.15) is 41.4 Å². The number of rotatable bonds is 3. The van der Waals surface area contributed by atoms with E-state index in [-0.39, 0.29) is 17.8 Å². The molecule has 2 amide bonds. The summed E-state index contributed by atoms with van der Waals surface area (Å²) in [6.45, 7) is 6.23. The fourth-order valence-corrected chi connectivity index (χ4v) is 3.49. The summed E-state index contributed by atoms with van der Waals surface area (Å²) in [7, 11) is 0. The first-order valence-corrected chi connectivity index (χ1v) is 8.22. The van der Waals surface area contributed by atoms with Crippen LogP contribution in [0.2, 0.25) is 0 Å². The standard InChI is InChI=1S/C17H21N5O3/c1-10-9-13(6-7-14(10)22(24)25)18-17(23)21-8-4-5-15(21)16-11(2)19-20-12(16)3/h6-7,9,15H,4-5,8H2,1-3H3,(H,18,23)(H,19,20). The first-order valence-electron chi connectivity index (χ1n) is 8.22. The third kappa shape index (κ3) is 3.19. The second kappa shape index (κ2) is 6.54. The first kappa shape index (κ1) is 16.9. The lowest BCUT2D eigenvalue weighted by Gasteiger charge is -2.25. The minimum absolute atomic E-state index is 0.00195. The van der Waals surface area contributed by atoms with Crippen molar-refractivity contribution < 1.29 is 9.72 Å². The molecule has 1 aliphatic rings. The van der Waals surface area contributed by atoms with Crippen LogP contribution in [0.25, 0.3) is 0 Å². The summed E-state index contributed by atoms with van der Waals surface area (Å²) in [6, 6.07) is 4.39. The summed E-state index contributed by atoms with van der Waals surface area (Å²) in [6.07, 6.45) is 1.83. The summed E-state index contributed by atoms with van der Waals surface area (Å²) in [5.74, 6) is 0. The van der Waals surface area contributed by atoms with Crippen molar-refractivity contribution >= 4 is 17.4 Å². The maximum atomic E-state index is 12.7. The van der Waals surface area contributed by atoms with Crippen LogP contribution in [0, 0.1) is 30.9 Å². The highest BCUT2D eigenvalue weighted by Crippen LogP contribution is 2.35. The number of aryl methyl sites for hydroxylation is 3. The van der Waals surface area contributed by atoms with E-state index in [1.54, 1.807) is 19.1 Å². The molecule has 1 aromatic carbocycles. The molecular formula is C17H21N5O3. The number of hydrogen-bond donors (Lipinski definition) is 2. The number of likely N-dealkylation sites (tertiary alicyclic amines) is 1. The third-order valence-corrected chi connectivity index (χ3v) is 4.68. The number of nitro benzene ring substituents is 1. The van der Waals surface area contributed by atoms with Crippen molar-refractivity contribution in [2.75, 3.05) is 11.9 Å². The Labute approximate surface area is 145 Å². The summed E-state index contributed by atoms with van der Waals surface area (Å²) < 4.78 is 0. The molecule has 1 atom stereocenters. The maximum Gasteiger partial charge on any atom is 0.322 e. The molecule has 8 heteroatoms. The Morgan fingerprint density at radius 2 is 2.16 bits per heavy atom. The van der Waals surface area contributed by atoms with Crippen molar-refractivity contribution in [1.82, 2.24) is 15.1 Å². The fourth-order valence-electron chi connectivity index (χ4n) is 3.49. The normalized spacial score (nSPS) is 16.9. The van der Waals surface area contributed by atoms with Gasteiger partial charge in [-0.2, -0.15) is 5.10 Å². The smallest absolute Gasteiger partial charge is 0.317 e. The molecule has 1 unspecified atom stereocenters. The van der Waals surface area contributed by atoms with E-state index in [9.17, 15) is 14.9 Å². The van der Waals surface area contributed by atoms with E-state index in [1.807, 2.05) is 18.7 Å². The van der Waals surface area contributed by atoms with Crippen LogP contribution >= 0.6 is 0 Å². The van der Waals surface area contributed by atoms with E-state index in [2.05, 4.69) is 15.5 Å². The Morgan fingerprint density at radius 3 is 2.76 bits per heavy atom. The zero-order valence-corrected chi connectivity index (χ0v) is 14.5. The number of hydrogen-bond acceptors (Lipinski definition) is 4. The molecule has 2 heterocycles. The third-order valence-electron chi connectivity index (χ3n) is 4.68. The quantitative estimate of drug-likeness (QED) is 0.656. The molecule has 0 bridgehead atoms. The Bertz CT molecular complexity index is 810. The Kier molecular flexibility index (Phi) is 4.43. The minimum Gasteiger partial charge on any atom is -0.317 e. The second-order valence-corrected chi connectivity index (χ2v) is 6.39. The van der Waals surface area contributed by atoms with Gasteiger partial charge in [-0.25, -0.2) is 4.79 Å². The average Bonchev–Trinajstić information content (AvgIpc) is 3.13. The zero-order chi connectivity index (χ0) is 18.1. The molecule has 1 aromatic heterocycles. The van der Waals surface area contributed by atoms with Gasteiger partial charge in [-0.1, -0.05) is 0 Å². The van der Waals surface area contributed by atoms with Gasteiger partial charge in [-0.15, -0.1) is 0 Å². The van der Waals surface area contributed by atoms with Crippen LogP contribution in [-0.4, -0.2) is 32.6 Å². The van der Waals surface area contributed by atoms with Crippen molar-refractivity contribution in [2.24, 2.45) is 0 Å². The summed E-state index contributed by atoms with van der Waals surface area (Å²) in [5, 5.41) is 21.0. The number of nitrogens with one attached hydrogen (secondary N) is 2. The largest absolute Gasteiger partial charge is 0.322 e. The van der Waals surface area contributed by atoms with Gasteiger partial charge in [0.05, 0.1) is 16.7 Å². The second-order valence-electron chi connectivity index (χ2n) is 6.39. The fraction of sp³-hybridized carbons (Fsp3) is 0.412. The molecule has 8 nitrogen and oxygen atoms in total. The van der Waals surface area contributed by atoms with Crippen molar-refractivity contribution in [2.45, 2.75) is 39.7 Å². The van der Waals surface area contributed by atoms with Crippen molar-refractivity contribution in [3.63, 3.8) is 0 Å². The van der Waals surface area contributed by atoms with Crippen LogP contribution in [0.15, 0.2) is 18.2 Å². The number of aromatic amines is 1. The molecule has 2 N–H and O–H groups in total. The predicted molar refractivity (Wildman–Crippen MR) is 93.6 cm³/mol. The van der Waals surface area contributed by atoms with E-state index < -0.39 is 4.92 Å². The number of anilines is 1. The molecule has 0 radical (unpaired) electrons. The van der Waals surface area contributed by atoms with E-state index in [1.165, 1.54) is 6.07 Å². The van der Waals surface area contributed by atoms with Crippen LogP contribution in [0.4, 0.5) is 16.2 Å². The van der Waals surface area contributed by atoms with Crippen molar-refractivity contribution in [3.05, 3.63) is 50.8 Å². The molecule has 2 aromatic rings. The summed E-state index contributed by atoms with van der Waals surface area (Å²) in [4.78, 5) is 25.0. The molecule has 0 aliphatic carbocycles. The SMILES string of the molecule is Cc1cc(NC(=O)N2CCCC2c2c(C)n[nH]c2C)ccc1[N+](=O)[O-]. The number of carbonyl (C=O) groups excluding carboxylic acids is 1. The molecule has 0 spiro atoms. The van der Waals surface area contributed by atoms with Crippen LogP contribution in [0.5, 0.6) is 0 Å². The highest BCUT2D eigenvalue weighted by Gasteiger charge is 2.33. The minimum atomic E-state index is -0.429. The van der Waals surface area contributed by atoms with Gasteiger partial charge in [0.15, 0.2) is 0 Å². The highest BCUT2D eigenvalue weighted by molar-refractivity contribution is 5.90. The topological polar surface area (TPSA) is 104 Å². The van der Waals surface area contributed by atoms with Gasteiger partial charge in [-0.3, -0.25) is 15.2 Å². The van der Waals surface area contributed by atoms with Gasteiger partial charge in [0.1, 0.15) is 0 Å². The number of aromatic nitrogens is 2. The molecule has 1 fully saturated rings. The Morgan fingerprint density at radius 1 is 1.40 bits per heavy atom. The molecule has 0 saturated carbocycles. The van der Waals surface area contributed by atoms with E-state index in [4.69, 9.17) is 0 Å². The number of benzene rings is 1. The Hall–Kier alpha value is -2.90. The van der Waals surface area contributed by atoms with Crippen molar-refractivity contribution in [3.8, 4) is 0 Å². The monoisotopic (exact) mass is 343 g/mol. The molecule has 1 saturated heterocycles. The van der Waals surface area contributed by atoms with Crippen LogP contribution in [0.3, 0.4) is 0 Å². The van der Waals surface area contributed by atoms with E-state index in [0.29, 0.717) is 17.8 Å². The number of urea groups is 1. The predicted octanol–water partition coefficient (Wildman–Crippen LogP) is 3.61. The van der Waals surface area contributed by atoms with Gasteiger partial charge in [-0.05, 0) is 45.7 Å². The van der Waals surface area contributed by atoms with Gasteiger partial charge in [0.2, 0.25) is 0 Å². The molecular weight excluding hydrogens is 322 g/mol. The van der Waals surface area contributed by atoms with E-state index in [0.717, 1.165) is 29.8 Å². The summed E-state index contributed by atoms with van der Waals surface area (Å²) in [5.41, 5.74) is 4.08. The number of carbonyl (C=O) groups is 1. The Balaban J connectivity index is 1.79. The highest BCUT2D eigenvalue weighted by atomic mass is 16.6. The first-order chi connectivity index (χ1) is 11.9. The lowest BCUT2D eigenvalue weighted by molar-refractivity contribution is -0.385. The van der Waals surface area contributed by atoms with E-state index >= 15 is 0 Å². The van der Waals surface area contributed by atoms with Crippen molar-refractivity contribution in [1.29, 1.82) is 0 Å². The van der Waals surface area contributed by atoms with Gasteiger partial charge in [0.25, 0.3) is 5.69 Å². The number of nitrogens with zero attached hydrogens (tertiary/aromatic N) is 3. The lowest BCUT2D eigenvalue weighted by Crippen LogP contribution is -2.34. The average molecular weight is 343 g/mol. The zero-order valence-electron chi connectivity index (χ0n) is 14.5. The molecule has 132 valence electrons. The van der Waals surface area contributed by atoms with Gasteiger partial charge < -0.3 is 10.2 Å². The number of amides is 2. The molecule has 1 aliphatic heterocycles.